The van der Waals surface area contributed by atoms with Crippen LogP contribution in [0.3, 0.4) is 0 Å². The highest BCUT2D eigenvalue weighted by Gasteiger charge is 2.10. The summed E-state index contributed by atoms with van der Waals surface area (Å²) in [7, 11) is 1.31. The van der Waals surface area contributed by atoms with Crippen LogP contribution < -0.4 is 5.32 Å². The zero-order chi connectivity index (χ0) is 18.8. The van der Waals surface area contributed by atoms with Crippen molar-refractivity contribution in [1.29, 1.82) is 0 Å². The summed E-state index contributed by atoms with van der Waals surface area (Å²) >= 11 is 0. The Morgan fingerprint density at radius 2 is 2.12 bits per heavy atom. The van der Waals surface area contributed by atoms with E-state index in [1.165, 1.54) is 18.9 Å². The van der Waals surface area contributed by atoms with E-state index < -0.39 is 12.1 Å². The van der Waals surface area contributed by atoms with Crippen molar-refractivity contribution in [2.45, 2.75) is 46.2 Å². The summed E-state index contributed by atoms with van der Waals surface area (Å²) < 4.78 is 16.8. The van der Waals surface area contributed by atoms with E-state index >= 15 is 0 Å². The maximum Gasteiger partial charge on any atom is 0.339 e. The van der Waals surface area contributed by atoms with Gasteiger partial charge in [0, 0.05) is 19.0 Å². The molecule has 0 aromatic carbocycles. The topological polar surface area (TPSA) is 68.3 Å². The number of carbonyl (C=O) groups excluding carboxylic acids is 2. The Labute approximate surface area is 148 Å². The molecule has 0 saturated carbocycles. The Bertz CT molecular complexity index is 669. The number of ether oxygens (including phenoxy) is 1. The molecule has 1 unspecified atom stereocenters. The molecular weight excluding hydrogens is 323 g/mol. The second-order valence-electron chi connectivity index (χ2n) is 5.74. The SMILES string of the molecule is CC1=CCC(F)C=C1.CCCC(=O)Nc1ncc(C(=O)OC)cc1C. The lowest BCUT2D eigenvalue weighted by Crippen LogP contribution is -2.13. The van der Waals surface area contributed by atoms with Gasteiger partial charge in [-0.05, 0) is 31.9 Å². The second kappa shape index (κ2) is 10.4. The fourth-order valence-corrected chi connectivity index (χ4v) is 2.06. The molecule has 136 valence electrons. The number of methoxy groups -OCH3 is 1. The lowest BCUT2D eigenvalue weighted by molar-refractivity contribution is -0.116. The van der Waals surface area contributed by atoms with Crippen molar-refractivity contribution < 1.29 is 18.7 Å². The summed E-state index contributed by atoms with van der Waals surface area (Å²) in [6, 6.07) is 1.64. The van der Waals surface area contributed by atoms with Gasteiger partial charge in [-0.15, -0.1) is 0 Å². The van der Waals surface area contributed by atoms with E-state index in [1.807, 2.05) is 26.0 Å². The van der Waals surface area contributed by atoms with Crippen molar-refractivity contribution in [3.8, 4) is 0 Å². The number of carbonyl (C=O) groups is 2. The first kappa shape index (κ1) is 20.5. The molecule has 1 aliphatic rings. The van der Waals surface area contributed by atoms with Crippen LogP contribution in [0.1, 0.15) is 49.0 Å². The number of nitrogens with one attached hydrogen (secondary N) is 1. The summed E-state index contributed by atoms with van der Waals surface area (Å²) in [4.78, 5) is 26.7. The number of allylic oxidation sites excluding steroid dienone is 4. The smallest absolute Gasteiger partial charge is 0.339 e. The van der Waals surface area contributed by atoms with Crippen LogP contribution in [0, 0.1) is 6.92 Å². The maximum absolute atomic E-state index is 12.2. The van der Waals surface area contributed by atoms with Crippen molar-refractivity contribution in [1.82, 2.24) is 4.98 Å². The highest BCUT2D eigenvalue weighted by atomic mass is 19.1. The van der Waals surface area contributed by atoms with Crippen molar-refractivity contribution in [2.75, 3.05) is 12.4 Å². The predicted molar refractivity (Wildman–Crippen MR) is 96.3 cm³/mol. The number of hydrogen-bond donors (Lipinski definition) is 1. The van der Waals surface area contributed by atoms with Crippen LogP contribution in [0.4, 0.5) is 10.2 Å². The van der Waals surface area contributed by atoms with Gasteiger partial charge in [0.2, 0.25) is 5.91 Å². The monoisotopic (exact) mass is 348 g/mol. The first-order valence-electron chi connectivity index (χ1n) is 8.21. The van der Waals surface area contributed by atoms with Crippen LogP contribution in [0.25, 0.3) is 0 Å². The van der Waals surface area contributed by atoms with Gasteiger partial charge in [0.05, 0.1) is 12.7 Å². The van der Waals surface area contributed by atoms with Gasteiger partial charge in [0.25, 0.3) is 0 Å². The van der Waals surface area contributed by atoms with E-state index in [0.717, 1.165) is 12.0 Å². The molecular formula is C19H25FN2O3. The molecule has 25 heavy (non-hydrogen) atoms. The summed E-state index contributed by atoms with van der Waals surface area (Å²) in [6.07, 6.45) is 7.76. The summed E-state index contributed by atoms with van der Waals surface area (Å²) in [5, 5.41) is 2.69. The van der Waals surface area contributed by atoms with Crippen molar-refractivity contribution in [3.63, 3.8) is 0 Å². The van der Waals surface area contributed by atoms with Crippen molar-refractivity contribution in [2.24, 2.45) is 0 Å². The minimum atomic E-state index is -0.737. The third kappa shape index (κ3) is 7.28. The van der Waals surface area contributed by atoms with Gasteiger partial charge in [-0.1, -0.05) is 30.7 Å². The Hall–Kier alpha value is -2.50. The standard InChI is InChI=1S/C12H16N2O3.C7H9F/c1-4-5-10(15)14-11-8(2)6-9(7-13-11)12(16)17-3;1-6-2-4-7(8)5-3-6/h6-7H,4-5H2,1-3H3,(H,13,14,15);2-4,7H,5H2,1H3. The van der Waals surface area contributed by atoms with Crippen molar-refractivity contribution >= 4 is 17.7 Å². The highest BCUT2D eigenvalue weighted by Crippen LogP contribution is 2.14. The molecule has 0 aliphatic heterocycles. The van der Waals surface area contributed by atoms with Gasteiger partial charge in [-0.3, -0.25) is 4.79 Å². The third-order valence-electron chi connectivity index (χ3n) is 3.47. The Kier molecular flexibility index (Phi) is 8.53. The fraction of sp³-hybridized carbons (Fsp3) is 0.421. The van der Waals surface area contributed by atoms with Crippen LogP contribution >= 0.6 is 0 Å². The zero-order valence-corrected chi connectivity index (χ0v) is 15.1. The molecule has 1 amide bonds. The summed E-state index contributed by atoms with van der Waals surface area (Å²) in [6.45, 7) is 5.68. The lowest BCUT2D eigenvalue weighted by atomic mass is 10.1. The van der Waals surface area contributed by atoms with Crippen LogP contribution in [0.2, 0.25) is 0 Å². The van der Waals surface area contributed by atoms with E-state index in [9.17, 15) is 14.0 Å². The number of amides is 1. The van der Waals surface area contributed by atoms with Crippen LogP contribution in [0.15, 0.2) is 36.1 Å². The molecule has 1 aromatic heterocycles. The van der Waals surface area contributed by atoms with Gasteiger partial charge in [-0.25, -0.2) is 14.2 Å². The molecule has 0 bridgehead atoms. The van der Waals surface area contributed by atoms with Crippen molar-refractivity contribution in [3.05, 3.63) is 47.2 Å². The highest BCUT2D eigenvalue weighted by molar-refractivity contribution is 5.92. The molecule has 1 aliphatic carbocycles. The van der Waals surface area contributed by atoms with E-state index in [2.05, 4.69) is 15.0 Å². The second-order valence-corrected chi connectivity index (χ2v) is 5.74. The number of anilines is 1. The zero-order valence-electron chi connectivity index (χ0n) is 15.1. The number of hydrogen-bond acceptors (Lipinski definition) is 4. The number of esters is 1. The molecule has 0 saturated heterocycles. The number of alkyl halides is 1. The summed E-state index contributed by atoms with van der Waals surface area (Å²) in [5.41, 5.74) is 2.27. The van der Waals surface area contributed by atoms with Gasteiger partial charge in [0.15, 0.2) is 0 Å². The van der Waals surface area contributed by atoms with E-state index in [-0.39, 0.29) is 5.91 Å². The number of pyridine rings is 1. The molecule has 1 aromatic rings. The molecule has 0 radical (unpaired) electrons. The average molecular weight is 348 g/mol. The Balaban J connectivity index is 0.000000324. The number of halogens is 1. The molecule has 5 nitrogen and oxygen atoms in total. The van der Waals surface area contributed by atoms with Crippen LogP contribution in [0.5, 0.6) is 0 Å². The largest absolute Gasteiger partial charge is 0.465 e. The third-order valence-corrected chi connectivity index (χ3v) is 3.47. The van der Waals surface area contributed by atoms with Gasteiger partial charge in [0.1, 0.15) is 12.0 Å². The first-order chi connectivity index (χ1) is 11.9. The molecule has 1 N–H and O–H groups in total. The molecule has 0 spiro atoms. The number of rotatable bonds is 4. The average Bonchev–Trinajstić information content (AvgIpc) is 2.59. The minimum absolute atomic E-state index is 0.0751. The lowest BCUT2D eigenvalue weighted by Gasteiger charge is -2.07. The Morgan fingerprint density at radius 3 is 2.60 bits per heavy atom. The number of nitrogens with zero attached hydrogens (tertiary/aromatic N) is 1. The van der Waals surface area contributed by atoms with E-state index in [0.29, 0.717) is 24.2 Å². The van der Waals surface area contributed by atoms with E-state index in [1.54, 1.807) is 19.1 Å². The predicted octanol–water partition coefficient (Wildman–Crippen LogP) is 4.15. The molecule has 0 fully saturated rings. The summed E-state index contributed by atoms with van der Waals surface area (Å²) in [5.74, 6) is -0.0305. The Morgan fingerprint density at radius 1 is 1.40 bits per heavy atom. The van der Waals surface area contributed by atoms with Crippen LogP contribution in [-0.2, 0) is 9.53 Å². The molecule has 6 heteroatoms. The minimum Gasteiger partial charge on any atom is -0.465 e. The van der Waals surface area contributed by atoms with E-state index in [4.69, 9.17) is 0 Å². The number of aryl methyl sites for hydroxylation is 1. The normalized spacial score (nSPS) is 15.6. The maximum atomic E-state index is 12.2. The molecule has 1 atom stereocenters. The van der Waals surface area contributed by atoms with Crippen LogP contribution in [-0.4, -0.2) is 30.1 Å². The quantitative estimate of drug-likeness (QED) is 0.830. The molecule has 1 heterocycles. The molecule has 2 rings (SSSR count). The fourth-order valence-electron chi connectivity index (χ4n) is 2.06. The first-order valence-corrected chi connectivity index (χ1v) is 8.21. The van der Waals surface area contributed by atoms with Gasteiger partial charge >= 0.3 is 5.97 Å². The number of aromatic nitrogens is 1. The van der Waals surface area contributed by atoms with Gasteiger partial charge < -0.3 is 10.1 Å². The van der Waals surface area contributed by atoms with Gasteiger partial charge in [-0.2, -0.15) is 0 Å².